The summed E-state index contributed by atoms with van der Waals surface area (Å²) in [7, 11) is 1.98. The van der Waals surface area contributed by atoms with Gasteiger partial charge in [-0.15, -0.1) is 0 Å². The number of carbonyl (C=O) groups excluding carboxylic acids is 1. The topological polar surface area (TPSA) is 41.4 Å². The first-order valence-corrected chi connectivity index (χ1v) is 6.78. The number of imidazole rings is 1. The van der Waals surface area contributed by atoms with Crippen LogP contribution in [0.2, 0.25) is 0 Å². The van der Waals surface area contributed by atoms with Crippen molar-refractivity contribution in [1.29, 1.82) is 0 Å². The van der Waals surface area contributed by atoms with E-state index in [-0.39, 0.29) is 5.91 Å². The summed E-state index contributed by atoms with van der Waals surface area (Å²) < 4.78 is 1.99. The fourth-order valence-electron chi connectivity index (χ4n) is 2.49. The second kappa shape index (κ2) is 5.46. The smallest absolute Gasteiger partial charge is 0.241 e. The monoisotopic (exact) mass is 270 g/mol. The van der Waals surface area contributed by atoms with Crippen molar-refractivity contribution in [2.24, 2.45) is 7.05 Å². The second-order valence-corrected chi connectivity index (χ2v) is 5.05. The molecule has 0 saturated carbocycles. The minimum atomic E-state index is 0.150. The maximum atomic E-state index is 12.3. The van der Waals surface area contributed by atoms with E-state index in [1.54, 1.807) is 6.20 Å². The molecule has 2 heterocycles. The van der Waals surface area contributed by atoms with E-state index >= 15 is 0 Å². The molecule has 0 bridgehead atoms. The van der Waals surface area contributed by atoms with Crippen molar-refractivity contribution in [3.63, 3.8) is 0 Å². The van der Waals surface area contributed by atoms with Gasteiger partial charge in [0.25, 0.3) is 0 Å². The zero-order chi connectivity index (χ0) is 13.9. The van der Waals surface area contributed by atoms with Crippen LogP contribution in [0.4, 0.5) is 5.69 Å². The van der Waals surface area contributed by atoms with Crippen molar-refractivity contribution in [3.05, 3.63) is 48.5 Å². The Labute approximate surface area is 118 Å². The van der Waals surface area contributed by atoms with Crippen molar-refractivity contribution >= 4 is 11.6 Å². The van der Waals surface area contributed by atoms with E-state index in [1.165, 1.54) is 0 Å². The number of benzene rings is 1. The molecule has 0 atom stereocenters. The van der Waals surface area contributed by atoms with Gasteiger partial charge in [-0.1, -0.05) is 18.2 Å². The molecule has 5 nitrogen and oxygen atoms in total. The number of anilines is 1. The Hall–Kier alpha value is -2.14. The molecule has 1 saturated heterocycles. The molecule has 2 aromatic rings. The van der Waals surface area contributed by atoms with Gasteiger partial charge in [-0.25, -0.2) is 4.98 Å². The zero-order valence-electron chi connectivity index (χ0n) is 11.6. The predicted molar refractivity (Wildman–Crippen MR) is 77.3 cm³/mol. The number of rotatable bonds is 3. The molecule has 1 aromatic carbocycles. The van der Waals surface area contributed by atoms with Gasteiger partial charge in [0.1, 0.15) is 5.82 Å². The van der Waals surface area contributed by atoms with Crippen LogP contribution in [-0.4, -0.2) is 40.0 Å². The van der Waals surface area contributed by atoms with Crippen molar-refractivity contribution in [2.45, 2.75) is 6.54 Å². The summed E-state index contributed by atoms with van der Waals surface area (Å²) in [5.41, 5.74) is 0.981. The standard InChI is InChI=1S/C15H18N4O/c1-17-8-7-16-14(17)11-18-9-10-19(15(20)12-18)13-5-3-2-4-6-13/h2-8H,9-12H2,1H3. The third-order valence-corrected chi connectivity index (χ3v) is 3.65. The van der Waals surface area contributed by atoms with E-state index < -0.39 is 0 Å². The quantitative estimate of drug-likeness (QED) is 0.843. The predicted octanol–water partition coefficient (Wildman–Crippen LogP) is 1.27. The van der Waals surface area contributed by atoms with Crippen LogP contribution >= 0.6 is 0 Å². The Bertz CT molecular complexity index is 593. The van der Waals surface area contributed by atoms with Crippen molar-refractivity contribution in [1.82, 2.24) is 14.5 Å². The molecular weight excluding hydrogens is 252 g/mol. The summed E-state index contributed by atoms with van der Waals surface area (Å²) in [6, 6.07) is 9.84. The lowest BCUT2D eigenvalue weighted by atomic mass is 10.2. The second-order valence-electron chi connectivity index (χ2n) is 5.05. The summed E-state index contributed by atoms with van der Waals surface area (Å²) in [5.74, 6) is 1.14. The van der Waals surface area contributed by atoms with Crippen LogP contribution in [0.15, 0.2) is 42.7 Å². The Morgan fingerprint density at radius 3 is 2.65 bits per heavy atom. The first-order chi connectivity index (χ1) is 9.74. The molecular formula is C15H18N4O. The molecule has 104 valence electrons. The first-order valence-electron chi connectivity index (χ1n) is 6.78. The van der Waals surface area contributed by atoms with Crippen molar-refractivity contribution in [2.75, 3.05) is 24.5 Å². The van der Waals surface area contributed by atoms with Gasteiger partial charge < -0.3 is 9.47 Å². The van der Waals surface area contributed by atoms with Gasteiger partial charge in [0.05, 0.1) is 13.1 Å². The Morgan fingerprint density at radius 1 is 1.20 bits per heavy atom. The number of hydrogen-bond donors (Lipinski definition) is 0. The van der Waals surface area contributed by atoms with Gasteiger partial charge in [0, 0.05) is 38.2 Å². The van der Waals surface area contributed by atoms with Gasteiger partial charge in [-0.3, -0.25) is 9.69 Å². The van der Waals surface area contributed by atoms with Gasteiger partial charge >= 0.3 is 0 Å². The SMILES string of the molecule is Cn1ccnc1CN1CCN(c2ccccc2)C(=O)C1. The van der Waals surface area contributed by atoms with Crippen molar-refractivity contribution < 1.29 is 4.79 Å². The van der Waals surface area contributed by atoms with E-state index in [0.717, 1.165) is 31.1 Å². The number of nitrogens with zero attached hydrogens (tertiary/aromatic N) is 4. The number of piperazine rings is 1. The van der Waals surface area contributed by atoms with Crippen LogP contribution in [0.5, 0.6) is 0 Å². The fraction of sp³-hybridized carbons (Fsp3) is 0.333. The minimum absolute atomic E-state index is 0.150. The summed E-state index contributed by atoms with van der Waals surface area (Å²) in [4.78, 5) is 20.6. The summed E-state index contributed by atoms with van der Waals surface area (Å²) in [6.07, 6.45) is 3.72. The lowest BCUT2D eigenvalue weighted by Gasteiger charge is -2.34. The van der Waals surface area contributed by atoms with Crippen LogP contribution in [0.3, 0.4) is 0 Å². The average molecular weight is 270 g/mol. The molecule has 1 amide bonds. The van der Waals surface area contributed by atoms with Crippen LogP contribution < -0.4 is 4.90 Å². The number of hydrogen-bond acceptors (Lipinski definition) is 3. The third kappa shape index (κ3) is 2.58. The fourth-order valence-corrected chi connectivity index (χ4v) is 2.49. The first kappa shape index (κ1) is 12.9. The molecule has 0 spiro atoms. The van der Waals surface area contributed by atoms with Crippen LogP contribution in [-0.2, 0) is 18.4 Å². The summed E-state index contributed by atoms with van der Waals surface area (Å²) in [6.45, 7) is 2.76. The van der Waals surface area contributed by atoms with Gasteiger partial charge in [0.15, 0.2) is 0 Å². The average Bonchev–Trinajstić information content (AvgIpc) is 2.85. The normalized spacial score (nSPS) is 16.6. The van der Waals surface area contributed by atoms with Crippen LogP contribution in [0.1, 0.15) is 5.82 Å². The van der Waals surface area contributed by atoms with Gasteiger partial charge in [-0.2, -0.15) is 0 Å². The molecule has 0 radical (unpaired) electrons. The molecule has 20 heavy (non-hydrogen) atoms. The van der Waals surface area contributed by atoms with Gasteiger partial charge in [0.2, 0.25) is 5.91 Å². The van der Waals surface area contributed by atoms with Crippen molar-refractivity contribution in [3.8, 4) is 0 Å². The molecule has 1 aliphatic heterocycles. The highest BCUT2D eigenvalue weighted by Gasteiger charge is 2.25. The number of aromatic nitrogens is 2. The molecule has 0 N–H and O–H groups in total. The largest absolute Gasteiger partial charge is 0.337 e. The Kier molecular flexibility index (Phi) is 3.52. The molecule has 0 unspecified atom stereocenters. The number of amides is 1. The lowest BCUT2D eigenvalue weighted by molar-refractivity contribution is -0.121. The minimum Gasteiger partial charge on any atom is -0.337 e. The van der Waals surface area contributed by atoms with E-state index in [0.29, 0.717) is 6.54 Å². The maximum absolute atomic E-state index is 12.3. The highest BCUT2D eigenvalue weighted by atomic mass is 16.2. The molecule has 0 aliphatic carbocycles. The zero-order valence-corrected chi connectivity index (χ0v) is 11.6. The highest BCUT2D eigenvalue weighted by molar-refractivity contribution is 5.95. The molecule has 5 heteroatoms. The van der Waals surface area contributed by atoms with E-state index in [1.807, 2.05) is 53.0 Å². The van der Waals surface area contributed by atoms with E-state index in [2.05, 4.69) is 9.88 Å². The Morgan fingerprint density at radius 2 is 2.00 bits per heavy atom. The van der Waals surface area contributed by atoms with Crippen LogP contribution in [0.25, 0.3) is 0 Å². The third-order valence-electron chi connectivity index (χ3n) is 3.65. The molecule has 3 rings (SSSR count). The molecule has 1 fully saturated rings. The van der Waals surface area contributed by atoms with E-state index in [4.69, 9.17) is 0 Å². The summed E-state index contributed by atoms with van der Waals surface area (Å²) in [5, 5.41) is 0. The number of para-hydroxylation sites is 1. The number of carbonyl (C=O) groups is 1. The van der Waals surface area contributed by atoms with Crippen LogP contribution in [0, 0.1) is 0 Å². The summed E-state index contributed by atoms with van der Waals surface area (Å²) >= 11 is 0. The Balaban J connectivity index is 1.65. The maximum Gasteiger partial charge on any atom is 0.241 e. The molecule has 1 aromatic heterocycles. The lowest BCUT2D eigenvalue weighted by Crippen LogP contribution is -2.50. The van der Waals surface area contributed by atoms with Gasteiger partial charge in [-0.05, 0) is 12.1 Å². The molecule has 1 aliphatic rings. The van der Waals surface area contributed by atoms with E-state index in [9.17, 15) is 4.79 Å². The highest BCUT2D eigenvalue weighted by Crippen LogP contribution is 2.17. The number of aryl methyl sites for hydroxylation is 1.